The van der Waals surface area contributed by atoms with Crippen LogP contribution in [0.25, 0.3) is 10.9 Å². The summed E-state index contributed by atoms with van der Waals surface area (Å²) in [5.74, 6) is -2.22. The lowest BCUT2D eigenvalue weighted by Crippen LogP contribution is -2.40. The smallest absolute Gasteiger partial charge is 0.310 e. The van der Waals surface area contributed by atoms with Gasteiger partial charge in [0.1, 0.15) is 5.82 Å². The van der Waals surface area contributed by atoms with Crippen LogP contribution in [-0.2, 0) is 21.4 Å². The maximum absolute atomic E-state index is 13.2. The van der Waals surface area contributed by atoms with Crippen LogP contribution in [-0.4, -0.2) is 53.2 Å². The van der Waals surface area contributed by atoms with Gasteiger partial charge in [0.15, 0.2) is 0 Å². The van der Waals surface area contributed by atoms with Crippen molar-refractivity contribution in [1.29, 1.82) is 0 Å². The summed E-state index contributed by atoms with van der Waals surface area (Å²) in [6, 6.07) is 11.3. The number of halogens is 1. The Kier molecular flexibility index (Phi) is 6.78. The second kappa shape index (κ2) is 9.17. The first-order chi connectivity index (χ1) is 14.7. The fourth-order valence-electron chi connectivity index (χ4n) is 3.64. The molecule has 31 heavy (non-hydrogen) atoms. The summed E-state index contributed by atoms with van der Waals surface area (Å²) in [6.07, 6.45) is 1.90. The second-order valence-corrected chi connectivity index (χ2v) is 9.45. The Morgan fingerprint density at radius 3 is 2.42 bits per heavy atom. The SMILES string of the molecule is CC(C(=O)O)c1cn(C[C@@H](CCO)N(C)S(=O)(=O)c2ccc(F)cc2)c2ccccc12. The van der Waals surface area contributed by atoms with E-state index in [1.807, 2.05) is 28.8 Å². The zero-order chi connectivity index (χ0) is 22.8. The molecule has 0 aliphatic heterocycles. The first kappa shape index (κ1) is 22.9. The number of fused-ring (bicyclic) bond motifs is 1. The number of sulfonamides is 1. The van der Waals surface area contributed by atoms with Crippen LogP contribution in [0.1, 0.15) is 24.8 Å². The number of carbonyl (C=O) groups is 1. The number of hydrogen-bond acceptors (Lipinski definition) is 4. The third-order valence-electron chi connectivity index (χ3n) is 5.53. The molecule has 0 saturated heterocycles. The summed E-state index contributed by atoms with van der Waals surface area (Å²) in [5, 5.41) is 19.8. The number of likely N-dealkylation sites (N-methyl/N-ethyl adjacent to an activating group) is 1. The number of nitrogens with zero attached hydrogens (tertiary/aromatic N) is 2. The first-order valence-corrected chi connectivity index (χ1v) is 11.3. The molecule has 1 unspecified atom stereocenters. The van der Waals surface area contributed by atoms with Crippen molar-refractivity contribution < 1.29 is 27.8 Å². The molecule has 3 rings (SSSR count). The lowest BCUT2D eigenvalue weighted by atomic mass is 10.0. The van der Waals surface area contributed by atoms with Gasteiger partial charge >= 0.3 is 5.97 Å². The van der Waals surface area contributed by atoms with Gasteiger partial charge in [-0.2, -0.15) is 4.31 Å². The minimum absolute atomic E-state index is 0.0445. The molecule has 1 aromatic heterocycles. The van der Waals surface area contributed by atoms with Gasteiger partial charge in [-0.3, -0.25) is 4.79 Å². The topological polar surface area (TPSA) is 99.8 Å². The molecular weight excluding hydrogens is 423 g/mol. The van der Waals surface area contributed by atoms with E-state index in [1.54, 1.807) is 13.1 Å². The predicted molar refractivity (Wildman–Crippen MR) is 115 cm³/mol. The molecule has 0 aliphatic carbocycles. The molecular formula is C22H25FN2O5S. The maximum atomic E-state index is 13.2. The van der Waals surface area contributed by atoms with Crippen LogP contribution in [0.15, 0.2) is 59.6 Å². The first-order valence-electron chi connectivity index (χ1n) is 9.82. The number of carboxylic acids is 1. The molecule has 0 aliphatic rings. The van der Waals surface area contributed by atoms with Gasteiger partial charge in [0.05, 0.1) is 10.8 Å². The van der Waals surface area contributed by atoms with Crippen molar-refractivity contribution in [3.05, 3.63) is 66.1 Å². The quantitative estimate of drug-likeness (QED) is 0.524. The fourth-order valence-corrected chi connectivity index (χ4v) is 5.01. The third kappa shape index (κ3) is 4.63. The average Bonchev–Trinajstić information content (AvgIpc) is 3.11. The Balaban J connectivity index is 1.99. The third-order valence-corrected chi connectivity index (χ3v) is 7.46. The molecule has 0 saturated carbocycles. The number of para-hydroxylation sites is 1. The van der Waals surface area contributed by atoms with Gasteiger partial charge in [-0.15, -0.1) is 0 Å². The molecule has 0 fully saturated rings. The largest absolute Gasteiger partial charge is 0.481 e. The van der Waals surface area contributed by atoms with Gasteiger partial charge < -0.3 is 14.8 Å². The molecule has 7 nitrogen and oxygen atoms in total. The van der Waals surface area contributed by atoms with Crippen LogP contribution < -0.4 is 0 Å². The molecule has 2 aromatic carbocycles. The van der Waals surface area contributed by atoms with Crippen molar-refractivity contribution in [2.75, 3.05) is 13.7 Å². The molecule has 9 heteroatoms. The highest BCUT2D eigenvalue weighted by molar-refractivity contribution is 7.89. The van der Waals surface area contributed by atoms with Crippen molar-refractivity contribution in [3.8, 4) is 0 Å². The molecule has 166 valence electrons. The highest BCUT2D eigenvalue weighted by atomic mass is 32.2. The fraction of sp³-hybridized carbons (Fsp3) is 0.318. The van der Waals surface area contributed by atoms with E-state index < -0.39 is 33.8 Å². The van der Waals surface area contributed by atoms with Crippen LogP contribution in [0.5, 0.6) is 0 Å². The van der Waals surface area contributed by atoms with E-state index in [9.17, 15) is 27.8 Å². The van der Waals surface area contributed by atoms with Gasteiger partial charge in [-0.1, -0.05) is 18.2 Å². The Hall–Kier alpha value is -2.75. The highest BCUT2D eigenvalue weighted by Gasteiger charge is 2.29. The van der Waals surface area contributed by atoms with E-state index in [1.165, 1.54) is 23.5 Å². The normalized spacial score (nSPS) is 14.1. The number of carboxylic acid groups (broad SMARTS) is 1. The maximum Gasteiger partial charge on any atom is 0.310 e. The van der Waals surface area contributed by atoms with Crippen LogP contribution in [0.4, 0.5) is 4.39 Å². The lowest BCUT2D eigenvalue weighted by Gasteiger charge is -2.28. The van der Waals surface area contributed by atoms with E-state index in [0.29, 0.717) is 5.56 Å². The number of hydrogen-bond donors (Lipinski definition) is 2. The van der Waals surface area contributed by atoms with Crippen LogP contribution in [0.3, 0.4) is 0 Å². The molecule has 0 bridgehead atoms. The van der Waals surface area contributed by atoms with Crippen LogP contribution >= 0.6 is 0 Å². The van der Waals surface area contributed by atoms with Crippen molar-refractivity contribution >= 4 is 26.9 Å². The minimum atomic E-state index is -3.93. The summed E-state index contributed by atoms with van der Waals surface area (Å²) in [5.41, 5.74) is 1.41. The molecule has 0 amide bonds. The second-order valence-electron chi connectivity index (χ2n) is 7.46. The Labute approximate surface area is 180 Å². The molecule has 0 radical (unpaired) electrons. The number of rotatable bonds is 9. The van der Waals surface area contributed by atoms with Gasteiger partial charge in [0.25, 0.3) is 0 Å². The van der Waals surface area contributed by atoms with Crippen molar-refractivity contribution in [2.45, 2.75) is 36.7 Å². The van der Waals surface area contributed by atoms with Gasteiger partial charge in [-0.05, 0) is 49.2 Å². The van der Waals surface area contributed by atoms with Crippen LogP contribution in [0.2, 0.25) is 0 Å². The highest BCUT2D eigenvalue weighted by Crippen LogP contribution is 2.29. The van der Waals surface area contributed by atoms with Gasteiger partial charge in [0.2, 0.25) is 10.0 Å². The van der Waals surface area contributed by atoms with E-state index in [-0.39, 0.29) is 24.5 Å². The predicted octanol–water partition coefficient (Wildman–Crippen LogP) is 3.04. The minimum Gasteiger partial charge on any atom is -0.481 e. The Bertz CT molecular complexity index is 1170. The average molecular weight is 449 g/mol. The number of aromatic nitrogens is 1. The van der Waals surface area contributed by atoms with Crippen molar-refractivity contribution in [3.63, 3.8) is 0 Å². The standard InChI is InChI=1S/C22H25FN2O5S/c1-15(22(27)28)20-14-25(21-6-4-3-5-19(20)21)13-17(11-12-26)24(2)31(29,30)18-9-7-16(23)8-10-18/h3-10,14-15,17,26H,11-13H2,1-2H3,(H,27,28)/t15?,17-/m1/s1. The zero-order valence-corrected chi connectivity index (χ0v) is 18.1. The monoisotopic (exact) mass is 448 g/mol. The summed E-state index contributed by atoms with van der Waals surface area (Å²) in [6.45, 7) is 1.58. The summed E-state index contributed by atoms with van der Waals surface area (Å²) < 4.78 is 42.3. The number of aliphatic hydroxyl groups excluding tert-OH is 1. The lowest BCUT2D eigenvalue weighted by molar-refractivity contribution is -0.138. The van der Waals surface area contributed by atoms with E-state index >= 15 is 0 Å². The Morgan fingerprint density at radius 2 is 1.81 bits per heavy atom. The molecule has 3 aromatic rings. The number of benzene rings is 2. The van der Waals surface area contributed by atoms with Crippen molar-refractivity contribution in [2.24, 2.45) is 0 Å². The molecule has 2 atom stereocenters. The molecule has 1 heterocycles. The summed E-state index contributed by atoms with van der Waals surface area (Å²) in [7, 11) is -2.50. The van der Waals surface area contributed by atoms with Crippen molar-refractivity contribution in [1.82, 2.24) is 8.87 Å². The molecule has 2 N–H and O–H groups in total. The molecule has 0 spiro atoms. The number of aliphatic carboxylic acids is 1. The van der Waals surface area contributed by atoms with Gasteiger partial charge in [-0.25, -0.2) is 12.8 Å². The van der Waals surface area contributed by atoms with Crippen LogP contribution in [0, 0.1) is 5.82 Å². The summed E-state index contributed by atoms with van der Waals surface area (Å²) >= 11 is 0. The van der Waals surface area contributed by atoms with E-state index in [4.69, 9.17) is 0 Å². The van der Waals surface area contributed by atoms with Gasteiger partial charge in [0, 0.05) is 43.3 Å². The Morgan fingerprint density at radius 1 is 1.16 bits per heavy atom. The van der Waals surface area contributed by atoms with E-state index in [0.717, 1.165) is 23.0 Å². The zero-order valence-electron chi connectivity index (χ0n) is 17.3. The van der Waals surface area contributed by atoms with E-state index in [2.05, 4.69) is 0 Å². The number of aliphatic hydroxyl groups is 1. The summed E-state index contributed by atoms with van der Waals surface area (Å²) in [4.78, 5) is 11.5.